The molecule has 1 N–H and O–H groups in total. The van der Waals surface area contributed by atoms with Crippen molar-refractivity contribution in [1.29, 1.82) is 0 Å². The Hall–Kier alpha value is -4.28. The first-order valence-electron chi connectivity index (χ1n) is 9.83. The van der Waals surface area contributed by atoms with Crippen LogP contribution in [0.2, 0.25) is 0 Å². The molecule has 0 aliphatic rings. The minimum atomic E-state index is -0.481. The first-order chi connectivity index (χ1) is 15.3. The van der Waals surface area contributed by atoms with Crippen molar-refractivity contribution >= 4 is 22.6 Å². The summed E-state index contributed by atoms with van der Waals surface area (Å²) in [5, 5.41) is 18.3. The van der Waals surface area contributed by atoms with Crippen LogP contribution in [0.1, 0.15) is 27.4 Å². The number of aromatic nitrogens is 4. The van der Waals surface area contributed by atoms with Gasteiger partial charge in [0.05, 0.1) is 29.8 Å². The van der Waals surface area contributed by atoms with Crippen LogP contribution >= 0.6 is 0 Å². The fraction of sp³-hybridized carbons (Fsp3) is 0.238. The monoisotopic (exact) mass is 436 g/mol. The lowest BCUT2D eigenvalue weighted by molar-refractivity contribution is -0.384. The molecule has 0 saturated heterocycles. The Morgan fingerprint density at radius 3 is 2.81 bits per heavy atom. The van der Waals surface area contributed by atoms with Gasteiger partial charge >= 0.3 is 0 Å². The van der Waals surface area contributed by atoms with Gasteiger partial charge in [0.25, 0.3) is 17.2 Å². The van der Waals surface area contributed by atoms with Gasteiger partial charge in [-0.1, -0.05) is 12.1 Å². The number of carbonyl (C=O) groups excluding carboxylic acids is 1. The van der Waals surface area contributed by atoms with Crippen molar-refractivity contribution in [3.05, 3.63) is 86.0 Å². The zero-order chi connectivity index (χ0) is 22.8. The number of benzene rings is 1. The first kappa shape index (κ1) is 21.0. The molecule has 164 valence electrons. The number of rotatable bonds is 7. The Morgan fingerprint density at radius 1 is 1.28 bits per heavy atom. The summed E-state index contributed by atoms with van der Waals surface area (Å²) >= 11 is 0. The lowest BCUT2D eigenvalue weighted by Gasteiger charge is -2.07. The van der Waals surface area contributed by atoms with Crippen LogP contribution in [0, 0.1) is 24.0 Å². The Morgan fingerprint density at radius 2 is 2.09 bits per heavy atom. The van der Waals surface area contributed by atoms with Gasteiger partial charge in [-0.2, -0.15) is 5.10 Å². The van der Waals surface area contributed by atoms with Crippen LogP contribution in [0.4, 0.5) is 5.69 Å². The Labute approximate surface area is 181 Å². The van der Waals surface area contributed by atoms with Gasteiger partial charge in [0.2, 0.25) is 0 Å². The van der Waals surface area contributed by atoms with Gasteiger partial charge in [-0.05, 0) is 25.5 Å². The fourth-order valence-corrected chi connectivity index (χ4v) is 3.47. The van der Waals surface area contributed by atoms with Crippen LogP contribution in [0.5, 0.6) is 0 Å². The number of amides is 1. The summed E-state index contributed by atoms with van der Waals surface area (Å²) in [6, 6.07) is 7.78. The van der Waals surface area contributed by atoms with Gasteiger partial charge in [0, 0.05) is 18.7 Å². The third kappa shape index (κ3) is 4.13. The van der Waals surface area contributed by atoms with Gasteiger partial charge in [0.15, 0.2) is 5.65 Å². The molecule has 1 aromatic carbocycles. The van der Waals surface area contributed by atoms with Gasteiger partial charge in [-0.25, -0.2) is 9.67 Å². The smallest absolute Gasteiger partial charge is 0.269 e. The number of non-ortho nitro benzene ring substituents is 1. The zero-order valence-electron chi connectivity index (χ0n) is 17.4. The summed E-state index contributed by atoms with van der Waals surface area (Å²) in [4.78, 5) is 39.9. The number of nitro groups is 1. The number of nitrogens with one attached hydrogen (secondary N) is 1. The highest BCUT2D eigenvalue weighted by molar-refractivity contribution is 5.95. The van der Waals surface area contributed by atoms with Crippen molar-refractivity contribution in [3.63, 3.8) is 0 Å². The van der Waals surface area contributed by atoms with Gasteiger partial charge in [-0.3, -0.25) is 24.3 Å². The summed E-state index contributed by atoms with van der Waals surface area (Å²) in [6.45, 7) is 4.26. The van der Waals surface area contributed by atoms with Crippen LogP contribution in [0.3, 0.4) is 0 Å². The number of hydrogen-bond donors (Lipinski definition) is 1. The maximum atomic E-state index is 12.8. The molecule has 4 aromatic rings. The van der Waals surface area contributed by atoms with E-state index in [9.17, 15) is 19.7 Å². The fourth-order valence-electron chi connectivity index (χ4n) is 3.47. The van der Waals surface area contributed by atoms with Gasteiger partial charge in [0.1, 0.15) is 23.2 Å². The second-order valence-electron chi connectivity index (χ2n) is 7.29. The molecule has 32 heavy (non-hydrogen) atoms. The number of nitrogens with zero attached hydrogens (tertiary/aromatic N) is 5. The van der Waals surface area contributed by atoms with Gasteiger partial charge < -0.3 is 9.73 Å². The largest absolute Gasteiger partial charge is 0.466 e. The quantitative estimate of drug-likeness (QED) is 0.346. The van der Waals surface area contributed by atoms with Crippen LogP contribution < -0.4 is 10.9 Å². The standard InChI is InChI=1S/C21H20N6O5/c1-13-8-17(14(2)32-13)20(28)22-6-7-26-19-18(10-24-26)21(29)25(12-23-19)11-15-4-3-5-16(9-15)27(30)31/h3-5,8-10,12H,6-7,11H2,1-2H3,(H,22,28). The molecule has 0 spiro atoms. The molecule has 11 heteroatoms. The molecule has 0 fully saturated rings. The predicted octanol–water partition coefficient (Wildman–Crippen LogP) is 2.19. The van der Waals surface area contributed by atoms with E-state index in [4.69, 9.17) is 4.42 Å². The highest BCUT2D eigenvalue weighted by atomic mass is 16.6. The van der Waals surface area contributed by atoms with E-state index in [0.29, 0.717) is 40.2 Å². The van der Waals surface area contributed by atoms with E-state index in [-0.39, 0.29) is 30.2 Å². The van der Waals surface area contributed by atoms with Crippen molar-refractivity contribution in [2.24, 2.45) is 0 Å². The number of hydrogen-bond acceptors (Lipinski definition) is 7. The topological polar surface area (TPSA) is 138 Å². The number of aryl methyl sites for hydroxylation is 2. The van der Waals surface area contributed by atoms with E-state index < -0.39 is 4.92 Å². The lowest BCUT2D eigenvalue weighted by atomic mass is 10.2. The molecule has 11 nitrogen and oxygen atoms in total. The summed E-state index contributed by atoms with van der Waals surface area (Å²) in [6.07, 6.45) is 2.82. The van der Waals surface area contributed by atoms with E-state index in [0.717, 1.165) is 0 Å². The number of nitro benzene ring substituents is 1. The molecule has 3 heterocycles. The highest BCUT2D eigenvalue weighted by Gasteiger charge is 2.15. The van der Waals surface area contributed by atoms with E-state index in [2.05, 4.69) is 15.4 Å². The van der Waals surface area contributed by atoms with E-state index in [1.807, 2.05) is 0 Å². The van der Waals surface area contributed by atoms with Crippen molar-refractivity contribution in [2.75, 3.05) is 6.54 Å². The lowest BCUT2D eigenvalue weighted by Crippen LogP contribution is -2.28. The molecular weight excluding hydrogens is 416 g/mol. The second kappa shape index (κ2) is 8.46. The maximum absolute atomic E-state index is 12.8. The van der Waals surface area contributed by atoms with Crippen LogP contribution in [0.25, 0.3) is 11.0 Å². The van der Waals surface area contributed by atoms with Crippen LogP contribution in [-0.2, 0) is 13.1 Å². The van der Waals surface area contributed by atoms with Crippen molar-refractivity contribution < 1.29 is 14.1 Å². The summed E-state index contributed by atoms with van der Waals surface area (Å²) in [5.74, 6) is 0.967. The molecule has 0 unspecified atom stereocenters. The van der Waals surface area contributed by atoms with Gasteiger partial charge in [-0.15, -0.1) is 0 Å². The minimum absolute atomic E-state index is 0.0415. The maximum Gasteiger partial charge on any atom is 0.269 e. The molecular formula is C21H20N6O5. The Kier molecular flexibility index (Phi) is 5.54. The van der Waals surface area contributed by atoms with Crippen molar-refractivity contribution in [1.82, 2.24) is 24.6 Å². The average Bonchev–Trinajstić information content (AvgIpc) is 3.33. The van der Waals surface area contributed by atoms with E-state index >= 15 is 0 Å². The first-order valence-corrected chi connectivity index (χ1v) is 9.83. The molecule has 0 aliphatic heterocycles. The second-order valence-corrected chi connectivity index (χ2v) is 7.29. The SMILES string of the molecule is Cc1cc(C(=O)NCCn2ncc3c(=O)n(Cc4cccc([N+](=O)[O-])c4)cnc32)c(C)o1. The molecule has 3 aromatic heterocycles. The molecule has 0 saturated carbocycles. The minimum Gasteiger partial charge on any atom is -0.466 e. The average molecular weight is 436 g/mol. The van der Waals surface area contributed by atoms with Crippen molar-refractivity contribution in [3.8, 4) is 0 Å². The number of fused-ring (bicyclic) bond motifs is 1. The molecule has 1 amide bonds. The number of carbonyl (C=O) groups is 1. The van der Waals surface area contributed by atoms with E-state index in [1.54, 1.807) is 36.7 Å². The zero-order valence-corrected chi connectivity index (χ0v) is 17.4. The predicted molar refractivity (Wildman–Crippen MR) is 115 cm³/mol. The Balaban J connectivity index is 1.47. The third-order valence-electron chi connectivity index (χ3n) is 4.99. The highest BCUT2D eigenvalue weighted by Crippen LogP contribution is 2.15. The molecule has 0 radical (unpaired) electrons. The summed E-state index contributed by atoms with van der Waals surface area (Å²) in [7, 11) is 0. The summed E-state index contributed by atoms with van der Waals surface area (Å²) in [5.41, 5.74) is 1.15. The number of furan rings is 1. The van der Waals surface area contributed by atoms with E-state index in [1.165, 1.54) is 29.2 Å². The summed E-state index contributed by atoms with van der Waals surface area (Å²) < 4.78 is 8.29. The molecule has 0 bridgehead atoms. The van der Waals surface area contributed by atoms with Crippen LogP contribution in [-0.4, -0.2) is 36.7 Å². The van der Waals surface area contributed by atoms with Crippen molar-refractivity contribution in [2.45, 2.75) is 26.9 Å². The molecule has 4 rings (SSSR count). The third-order valence-corrected chi connectivity index (χ3v) is 4.99. The molecule has 0 atom stereocenters. The van der Waals surface area contributed by atoms with Crippen LogP contribution in [0.15, 0.2) is 52.1 Å². The Bertz CT molecular complexity index is 1380. The molecule has 0 aliphatic carbocycles. The normalized spacial score (nSPS) is 11.1.